The summed E-state index contributed by atoms with van der Waals surface area (Å²) in [7, 11) is 0. The fraction of sp³-hybridized carbons (Fsp3) is 0.217. The van der Waals surface area contributed by atoms with E-state index in [1.807, 2.05) is 51.1 Å². The molecule has 0 spiro atoms. The number of aromatic nitrogens is 4. The van der Waals surface area contributed by atoms with Crippen molar-refractivity contribution in [2.45, 2.75) is 32.0 Å². The van der Waals surface area contributed by atoms with Crippen molar-refractivity contribution in [1.82, 2.24) is 25.5 Å². The fourth-order valence-electron chi connectivity index (χ4n) is 3.58. The summed E-state index contributed by atoms with van der Waals surface area (Å²) in [4.78, 5) is 12.6. The van der Waals surface area contributed by atoms with Crippen molar-refractivity contribution in [3.8, 4) is 5.69 Å². The van der Waals surface area contributed by atoms with Crippen LogP contribution in [0, 0.1) is 13.8 Å². The van der Waals surface area contributed by atoms with Crippen LogP contribution in [0.2, 0.25) is 0 Å². The molecular formula is C23H23N5OS. The molecule has 4 aromatic rings. The molecule has 0 aliphatic carbocycles. The van der Waals surface area contributed by atoms with E-state index in [1.165, 1.54) is 17.3 Å². The predicted molar refractivity (Wildman–Crippen MR) is 120 cm³/mol. The SMILES string of the molecule is Cc1ccc(-n2nnnc2SCC(=O)NC(C)c2cccc3ccccc23)c(C)c1. The lowest BCUT2D eigenvalue weighted by Gasteiger charge is -2.16. The number of aryl methyl sites for hydroxylation is 2. The molecule has 1 atom stereocenters. The Morgan fingerprint density at radius 2 is 1.90 bits per heavy atom. The van der Waals surface area contributed by atoms with Crippen LogP contribution in [0.25, 0.3) is 16.5 Å². The van der Waals surface area contributed by atoms with Gasteiger partial charge >= 0.3 is 0 Å². The molecule has 1 N–H and O–H groups in total. The minimum Gasteiger partial charge on any atom is -0.349 e. The van der Waals surface area contributed by atoms with E-state index in [-0.39, 0.29) is 17.7 Å². The summed E-state index contributed by atoms with van der Waals surface area (Å²) in [5, 5.41) is 18.0. The smallest absolute Gasteiger partial charge is 0.230 e. The van der Waals surface area contributed by atoms with Gasteiger partial charge in [0.05, 0.1) is 17.5 Å². The van der Waals surface area contributed by atoms with Gasteiger partial charge in [0, 0.05) is 0 Å². The van der Waals surface area contributed by atoms with Crippen molar-refractivity contribution >= 4 is 28.4 Å². The molecule has 0 aliphatic rings. The van der Waals surface area contributed by atoms with Gasteiger partial charge in [0.2, 0.25) is 11.1 Å². The average molecular weight is 418 g/mol. The van der Waals surface area contributed by atoms with Crippen molar-refractivity contribution in [2.75, 3.05) is 5.75 Å². The number of benzene rings is 3. The van der Waals surface area contributed by atoms with Crippen molar-refractivity contribution in [3.05, 3.63) is 77.4 Å². The number of tetrazole rings is 1. The van der Waals surface area contributed by atoms with Crippen molar-refractivity contribution < 1.29 is 4.79 Å². The number of rotatable bonds is 6. The van der Waals surface area contributed by atoms with Crippen LogP contribution in [-0.2, 0) is 4.79 Å². The van der Waals surface area contributed by atoms with Gasteiger partial charge in [-0.1, -0.05) is 71.9 Å². The van der Waals surface area contributed by atoms with Crippen molar-refractivity contribution in [1.29, 1.82) is 0 Å². The summed E-state index contributed by atoms with van der Waals surface area (Å²) >= 11 is 1.33. The van der Waals surface area contributed by atoms with E-state index in [9.17, 15) is 4.79 Å². The molecule has 0 aliphatic heterocycles. The zero-order chi connectivity index (χ0) is 21.1. The van der Waals surface area contributed by atoms with E-state index in [2.05, 4.69) is 51.2 Å². The Morgan fingerprint density at radius 3 is 2.73 bits per heavy atom. The molecule has 0 fully saturated rings. The molecular weight excluding hydrogens is 394 g/mol. The molecule has 1 heterocycles. The van der Waals surface area contributed by atoms with E-state index >= 15 is 0 Å². The van der Waals surface area contributed by atoms with Crippen molar-refractivity contribution in [2.24, 2.45) is 0 Å². The van der Waals surface area contributed by atoms with Gasteiger partial charge in [-0.05, 0) is 59.2 Å². The van der Waals surface area contributed by atoms with Gasteiger partial charge in [0.15, 0.2) is 0 Å². The summed E-state index contributed by atoms with van der Waals surface area (Å²) in [6, 6.07) is 20.4. The molecule has 0 bridgehead atoms. The Balaban J connectivity index is 1.44. The van der Waals surface area contributed by atoms with Crippen LogP contribution < -0.4 is 5.32 Å². The van der Waals surface area contributed by atoms with Gasteiger partial charge in [-0.2, -0.15) is 4.68 Å². The number of nitrogens with one attached hydrogen (secondary N) is 1. The highest BCUT2D eigenvalue weighted by molar-refractivity contribution is 7.99. The van der Waals surface area contributed by atoms with E-state index in [0.717, 1.165) is 27.6 Å². The van der Waals surface area contributed by atoms with E-state index in [1.54, 1.807) is 4.68 Å². The standard InChI is InChI=1S/C23H23N5OS/c1-15-11-12-21(16(2)13-15)28-23(25-26-27-28)30-14-22(29)24-17(3)19-10-6-8-18-7-4-5-9-20(18)19/h4-13,17H,14H2,1-3H3,(H,24,29). The maximum atomic E-state index is 12.6. The molecule has 4 rings (SSSR count). The maximum Gasteiger partial charge on any atom is 0.230 e. The summed E-state index contributed by atoms with van der Waals surface area (Å²) in [5.41, 5.74) is 4.28. The Labute approximate surface area is 179 Å². The number of fused-ring (bicyclic) bond motifs is 1. The number of carbonyl (C=O) groups excluding carboxylic acids is 1. The predicted octanol–water partition coefficient (Wildman–Crippen LogP) is 4.40. The third-order valence-corrected chi connectivity index (χ3v) is 5.94. The van der Waals surface area contributed by atoms with Crippen LogP contribution >= 0.6 is 11.8 Å². The van der Waals surface area contributed by atoms with Gasteiger partial charge in [-0.3, -0.25) is 4.79 Å². The molecule has 0 saturated carbocycles. The number of hydrogen-bond acceptors (Lipinski definition) is 5. The lowest BCUT2D eigenvalue weighted by molar-refractivity contribution is -0.119. The fourth-order valence-corrected chi connectivity index (χ4v) is 4.28. The highest BCUT2D eigenvalue weighted by atomic mass is 32.2. The second-order valence-electron chi connectivity index (χ2n) is 7.31. The Bertz CT molecular complexity index is 1200. The van der Waals surface area contributed by atoms with Crippen molar-refractivity contribution in [3.63, 3.8) is 0 Å². The van der Waals surface area contributed by atoms with Gasteiger partial charge in [0.1, 0.15) is 0 Å². The molecule has 1 unspecified atom stereocenters. The summed E-state index contributed by atoms with van der Waals surface area (Å²) < 4.78 is 1.68. The van der Waals surface area contributed by atoms with Gasteiger partial charge < -0.3 is 5.32 Å². The second-order valence-corrected chi connectivity index (χ2v) is 8.25. The monoisotopic (exact) mass is 417 g/mol. The lowest BCUT2D eigenvalue weighted by atomic mass is 10.00. The largest absolute Gasteiger partial charge is 0.349 e. The molecule has 152 valence electrons. The Morgan fingerprint density at radius 1 is 1.10 bits per heavy atom. The third kappa shape index (κ3) is 4.21. The first-order valence-corrected chi connectivity index (χ1v) is 10.8. The van der Waals surface area contributed by atoms with Crippen LogP contribution in [0.1, 0.15) is 29.7 Å². The topological polar surface area (TPSA) is 72.7 Å². The zero-order valence-electron chi connectivity index (χ0n) is 17.2. The first-order valence-electron chi connectivity index (χ1n) is 9.79. The summed E-state index contributed by atoms with van der Waals surface area (Å²) in [6.07, 6.45) is 0. The first kappa shape index (κ1) is 20.1. The Hall–Kier alpha value is -3.19. The summed E-state index contributed by atoms with van der Waals surface area (Å²) in [6.45, 7) is 6.08. The molecule has 7 heteroatoms. The second kappa shape index (κ2) is 8.67. The van der Waals surface area contributed by atoms with Gasteiger partial charge in [-0.15, -0.1) is 5.10 Å². The maximum absolute atomic E-state index is 12.6. The molecule has 6 nitrogen and oxygen atoms in total. The highest BCUT2D eigenvalue weighted by Crippen LogP contribution is 2.25. The van der Waals surface area contributed by atoms with Crippen LogP contribution in [-0.4, -0.2) is 31.9 Å². The quantitative estimate of drug-likeness (QED) is 0.471. The number of hydrogen-bond donors (Lipinski definition) is 1. The summed E-state index contributed by atoms with van der Waals surface area (Å²) in [5.74, 6) is 0.177. The Kier molecular flexibility index (Phi) is 5.81. The lowest BCUT2D eigenvalue weighted by Crippen LogP contribution is -2.28. The first-order chi connectivity index (χ1) is 14.5. The molecule has 30 heavy (non-hydrogen) atoms. The van der Waals surface area contributed by atoms with E-state index in [0.29, 0.717) is 5.16 Å². The van der Waals surface area contributed by atoms with Crippen LogP contribution in [0.4, 0.5) is 0 Å². The average Bonchev–Trinajstić information content (AvgIpc) is 3.20. The minimum absolute atomic E-state index is 0.0596. The molecule has 0 saturated heterocycles. The van der Waals surface area contributed by atoms with Crippen LogP contribution in [0.15, 0.2) is 65.8 Å². The third-order valence-electron chi connectivity index (χ3n) is 5.02. The van der Waals surface area contributed by atoms with E-state index in [4.69, 9.17) is 0 Å². The normalized spacial score (nSPS) is 12.1. The van der Waals surface area contributed by atoms with Crippen LogP contribution in [0.5, 0.6) is 0 Å². The molecule has 3 aromatic carbocycles. The van der Waals surface area contributed by atoms with E-state index < -0.39 is 0 Å². The molecule has 0 radical (unpaired) electrons. The number of nitrogens with zero attached hydrogens (tertiary/aromatic N) is 4. The highest BCUT2D eigenvalue weighted by Gasteiger charge is 2.16. The van der Waals surface area contributed by atoms with Gasteiger partial charge in [0.25, 0.3) is 0 Å². The zero-order valence-corrected chi connectivity index (χ0v) is 18.0. The molecule has 1 aromatic heterocycles. The number of carbonyl (C=O) groups is 1. The number of amides is 1. The van der Waals surface area contributed by atoms with Gasteiger partial charge in [-0.25, -0.2) is 0 Å². The number of thioether (sulfide) groups is 1. The van der Waals surface area contributed by atoms with Crippen LogP contribution in [0.3, 0.4) is 0 Å². The molecule has 1 amide bonds. The minimum atomic E-state index is -0.0977.